The summed E-state index contributed by atoms with van der Waals surface area (Å²) in [4.78, 5) is 39.3. The Morgan fingerprint density at radius 2 is 1.78 bits per heavy atom. The zero-order chi connectivity index (χ0) is 19.6. The molecule has 0 spiro atoms. The fourth-order valence-electron chi connectivity index (χ4n) is 3.83. The second-order valence-corrected chi connectivity index (χ2v) is 7.46. The largest absolute Gasteiger partial charge is 0.354 e. The lowest BCUT2D eigenvalue weighted by Crippen LogP contribution is -2.54. The van der Waals surface area contributed by atoms with Crippen LogP contribution in [-0.4, -0.2) is 35.1 Å². The molecule has 0 aromatic heterocycles. The van der Waals surface area contributed by atoms with E-state index < -0.39 is 17.7 Å². The van der Waals surface area contributed by atoms with Crippen molar-refractivity contribution in [2.24, 2.45) is 5.92 Å². The average molecular weight is 373 g/mol. The summed E-state index contributed by atoms with van der Waals surface area (Å²) in [5, 5.41) is 3.00. The third-order valence-electron chi connectivity index (χ3n) is 5.29. The fraction of sp³-hybridized carbons (Fsp3) is 0.591. The zero-order valence-electron chi connectivity index (χ0n) is 16.6. The summed E-state index contributed by atoms with van der Waals surface area (Å²) in [6.45, 7) is 4.24. The van der Waals surface area contributed by atoms with Gasteiger partial charge in [0.15, 0.2) is 0 Å². The van der Waals surface area contributed by atoms with E-state index in [1.54, 1.807) is 0 Å². The van der Waals surface area contributed by atoms with Gasteiger partial charge in [-0.2, -0.15) is 0 Å². The quantitative estimate of drug-likeness (QED) is 0.533. The average Bonchev–Trinajstić information content (AvgIpc) is 2.68. The first-order valence-corrected chi connectivity index (χ1v) is 10.2. The molecule has 0 saturated heterocycles. The molecule has 148 valence electrons. The van der Waals surface area contributed by atoms with Crippen LogP contribution in [0.25, 0.3) is 0 Å². The van der Waals surface area contributed by atoms with E-state index in [0.717, 1.165) is 44.1 Å². The van der Waals surface area contributed by atoms with Crippen LogP contribution in [0.1, 0.15) is 64.4 Å². The van der Waals surface area contributed by atoms with Crippen LogP contribution in [0.3, 0.4) is 0 Å². The van der Waals surface area contributed by atoms with Crippen LogP contribution < -0.4 is 5.32 Å². The Morgan fingerprint density at radius 1 is 1.11 bits per heavy atom. The standard InChI is InChI=1S/C22H32N2O3/c1-3-4-15-23-21(26)20(19-13-9-6-10-14-19)24(22(27)17(2)25)16-18-11-7-5-8-12-18/h5,7-8,11-12,19-20H,3-4,6,9-10,13-16H2,1-2H3,(H,23,26). The van der Waals surface area contributed by atoms with Crippen molar-refractivity contribution < 1.29 is 14.4 Å². The molecule has 1 aliphatic rings. The molecule has 0 bridgehead atoms. The number of amides is 2. The molecule has 1 aliphatic carbocycles. The number of ketones is 1. The number of Topliss-reactive ketones (excluding diaryl/α,β-unsaturated/α-hetero) is 1. The second kappa shape index (κ2) is 10.9. The van der Waals surface area contributed by atoms with Gasteiger partial charge in [-0.1, -0.05) is 62.9 Å². The Balaban J connectivity index is 2.30. The van der Waals surface area contributed by atoms with Gasteiger partial charge >= 0.3 is 0 Å². The number of nitrogens with zero attached hydrogens (tertiary/aromatic N) is 1. The molecule has 2 amide bonds. The first kappa shape index (κ1) is 21.1. The van der Waals surface area contributed by atoms with Gasteiger partial charge in [0.05, 0.1) is 0 Å². The lowest BCUT2D eigenvalue weighted by molar-refractivity contribution is -0.150. The summed E-state index contributed by atoms with van der Waals surface area (Å²) < 4.78 is 0. The van der Waals surface area contributed by atoms with Crippen molar-refractivity contribution in [3.63, 3.8) is 0 Å². The lowest BCUT2D eigenvalue weighted by atomic mass is 9.82. The fourth-order valence-corrected chi connectivity index (χ4v) is 3.83. The van der Waals surface area contributed by atoms with E-state index in [1.165, 1.54) is 18.2 Å². The third-order valence-corrected chi connectivity index (χ3v) is 5.29. The van der Waals surface area contributed by atoms with Crippen LogP contribution in [-0.2, 0) is 20.9 Å². The van der Waals surface area contributed by atoms with Gasteiger partial charge in [-0.3, -0.25) is 14.4 Å². The lowest BCUT2D eigenvalue weighted by Gasteiger charge is -2.37. The highest BCUT2D eigenvalue weighted by Gasteiger charge is 2.38. The number of carbonyl (C=O) groups excluding carboxylic acids is 3. The van der Waals surface area contributed by atoms with Crippen LogP contribution in [0.15, 0.2) is 30.3 Å². The van der Waals surface area contributed by atoms with Gasteiger partial charge in [-0.05, 0) is 30.7 Å². The van der Waals surface area contributed by atoms with Gasteiger partial charge in [0.1, 0.15) is 6.04 Å². The molecule has 0 heterocycles. The van der Waals surface area contributed by atoms with Gasteiger partial charge < -0.3 is 10.2 Å². The van der Waals surface area contributed by atoms with Crippen molar-refractivity contribution in [3.05, 3.63) is 35.9 Å². The van der Waals surface area contributed by atoms with Crippen molar-refractivity contribution in [2.75, 3.05) is 6.54 Å². The molecule has 1 atom stereocenters. The van der Waals surface area contributed by atoms with Crippen molar-refractivity contribution in [1.29, 1.82) is 0 Å². The maximum absolute atomic E-state index is 13.1. The second-order valence-electron chi connectivity index (χ2n) is 7.46. The minimum atomic E-state index is -0.584. The molecule has 27 heavy (non-hydrogen) atoms. The Morgan fingerprint density at radius 3 is 2.37 bits per heavy atom. The number of hydrogen-bond acceptors (Lipinski definition) is 3. The van der Waals surface area contributed by atoms with E-state index in [9.17, 15) is 14.4 Å². The smallest absolute Gasteiger partial charge is 0.290 e. The Kier molecular flexibility index (Phi) is 8.49. The van der Waals surface area contributed by atoms with Gasteiger partial charge in [0.2, 0.25) is 11.7 Å². The predicted molar refractivity (Wildman–Crippen MR) is 106 cm³/mol. The maximum atomic E-state index is 13.1. The highest BCUT2D eigenvalue weighted by atomic mass is 16.2. The minimum Gasteiger partial charge on any atom is -0.354 e. The van der Waals surface area contributed by atoms with E-state index in [4.69, 9.17) is 0 Å². The summed E-state index contributed by atoms with van der Waals surface area (Å²) >= 11 is 0. The number of unbranched alkanes of at least 4 members (excludes halogenated alkanes) is 1. The van der Waals surface area contributed by atoms with E-state index >= 15 is 0 Å². The number of nitrogens with one attached hydrogen (secondary N) is 1. The molecule has 1 saturated carbocycles. The molecule has 5 heteroatoms. The Bertz CT molecular complexity index is 624. The molecule has 5 nitrogen and oxygen atoms in total. The maximum Gasteiger partial charge on any atom is 0.290 e. The van der Waals surface area contributed by atoms with Crippen molar-refractivity contribution in [2.45, 2.75) is 71.4 Å². The normalized spacial score (nSPS) is 15.8. The molecule has 1 aromatic rings. The van der Waals surface area contributed by atoms with E-state index in [0.29, 0.717) is 6.54 Å². The van der Waals surface area contributed by atoms with Gasteiger partial charge in [-0.25, -0.2) is 0 Å². The highest BCUT2D eigenvalue weighted by Crippen LogP contribution is 2.30. The van der Waals surface area contributed by atoms with Gasteiger partial charge in [0, 0.05) is 20.0 Å². The van der Waals surface area contributed by atoms with E-state index in [2.05, 4.69) is 12.2 Å². The molecule has 0 radical (unpaired) electrons. The molecular weight excluding hydrogens is 340 g/mol. The van der Waals surface area contributed by atoms with Gasteiger partial charge in [-0.15, -0.1) is 0 Å². The first-order valence-electron chi connectivity index (χ1n) is 10.2. The first-order chi connectivity index (χ1) is 13.0. The predicted octanol–water partition coefficient (Wildman–Crippen LogP) is 3.47. The monoisotopic (exact) mass is 372 g/mol. The highest BCUT2D eigenvalue weighted by molar-refractivity contribution is 6.35. The topological polar surface area (TPSA) is 66.5 Å². The van der Waals surface area contributed by atoms with Crippen molar-refractivity contribution in [3.8, 4) is 0 Å². The molecule has 2 rings (SSSR count). The van der Waals surface area contributed by atoms with Crippen LogP contribution in [0.2, 0.25) is 0 Å². The number of benzene rings is 1. The molecule has 0 aliphatic heterocycles. The Hall–Kier alpha value is -2.17. The van der Waals surface area contributed by atoms with Crippen molar-refractivity contribution in [1.82, 2.24) is 10.2 Å². The van der Waals surface area contributed by atoms with Crippen LogP contribution in [0.4, 0.5) is 0 Å². The van der Waals surface area contributed by atoms with Crippen LogP contribution >= 0.6 is 0 Å². The third kappa shape index (κ3) is 6.19. The molecule has 1 fully saturated rings. The minimum absolute atomic E-state index is 0.104. The molecular formula is C22H32N2O3. The van der Waals surface area contributed by atoms with Crippen molar-refractivity contribution >= 4 is 17.6 Å². The van der Waals surface area contributed by atoms with E-state index in [1.807, 2.05) is 30.3 Å². The summed E-state index contributed by atoms with van der Waals surface area (Å²) in [5.41, 5.74) is 0.925. The molecule has 1 aromatic carbocycles. The zero-order valence-corrected chi connectivity index (χ0v) is 16.6. The number of hydrogen-bond donors (Lipinski definition) is 1. The summed E-state index contributed by atoms with van der Waals surface area (Å²) in [7, 11) is 0. The van der Waals surface area contributed by atoms with Gasteiger partial charge in [0.25, 0.3) is 5.91 Å². The number of rotatable bonds is 9. The van der Waals surface area contributed by atoms with E-state index in [-0.39, 0.29) is 18.4 Å². The summed E-state index contributed by atoms with van der Waals surface area (Å²) in [5.74, 6) is -1.11. The van der Waals surface area contributed by atoms with Crippen LogP contribution in [0.5, 0.6) is 0 Å². The summed E-state index contributed by atoms with van der Waals surface area (Å²) in [6, 6.07) is 8.99. The SMILES string of the molecule is CCCCNC(=O)C(C1CCCCC1)N(Cc1ccccc1)C(=O)C(C)=O. The summed E-state index contributed by atoms with van der Waals surface area (Å²) in [6.07, 6.45) is 7.04. The molecule has 1 N–H and O–H groups in total. The molecule has 1 unspecified atom stereocenters. The number of carbonyl (C=O) groups is 3. The van der Waals surface area contributed by atoms with Crippen LogP contribution in [0, 0.1) is 5.92 Å². The Labute approximate surface area is 162 Å².